The number of rotatable bonds is 2. The summed E-state index contributed by atoms with van der Waals surface area (Å²) in [5.41, 5.74) is -0.563. The van der Waals surface area contributed by atoms with E-state index >= 15 is 0 Å². The van der Waals surface area contributed by atoms with Gasteiger partial charge in [-0.3, -0.25) is 0 Å². The van der Waals surface area contributed by atoms with E-state index in [-0.39, 0.29) is 5.88 Å². The molecular formula is C10H8ClF3O. The zero-order chi connectivity index (χ0) is 11.5. The number of alkyl halides is 4. The van der Waals surface area contributed by atoms with E-state index < -0.39 is 17.5 Å². The fourth-order valence-corrected chi connectivity index (χ4v) is 1.12. The Morgan fingerprint density at radius 3 is 2.47 bits per heavy atom. The van der Waals surface area contributed by atoms with Crippen LogP contribution in [0.25, 0.3) is 6.08 Å². The van der Waals surface area contributed by atoms with E-state index in [0.29, 0.717) is 11.6 Å². The molecular weight excluding hydrogens is 229 g/mol. The maximum Gasteiger partial charge on any atom is 0.416 e. The van der Waals surface area contributed by atoms with Crippen LogP contribution in [-0.4, -0.2) is 11.0 Å². The molecule has 1 rings (SSSR count). The Morgan fingerprint density at radius 2 is 2.00 bits per heavy atom. The lowest BCUT2D eigenvalue weighted by atomic mass is 10.1. The summed E-state index contributed by atoms with van der Waals surface area (Å²) < 4.78 is 36.6. The zero-order valence-corrected chi connectivity index (χ0v) is 8.31. The van der Waals surface area contributed by atoms with Crippen molar-refractivity contribution in [1.82, 2.24) is 0 Å². The Kier molecular flexibility index (Phi) is 3.63. The van der Waals surface area contributed by atoms with Crippen LogP contribution < -0.4 is 0 Å². The maximum atomic E-state index is 12.2. The first-order chi connectivity index (χ1) is 6.95. The number of benzene rings is 1. The highest BCUT2D eigenvalue weighted by Gasteiger charge is 2.30. The molecule has 1 nitrogen and oxygen atoms in total. The number of allylic oxidation sites excluding steroid dienone is 1. The van der Waals surface area contributed by atoms with E-state index in [4.69, 9.17) is 11.6 Å². The summed E-state index contributed by atoms with van der Waals surface area (Å²) >= 11 is 5.36. The molecule has 0 amide bonds. The summed E-state index contributed by atoms with van der Waals surface area (Å²) in [5.74, 6) is -0.174. The van der Waals surface area contributed by atoms with Gasteiger partial charge in [0, 0.05) is 11.4 Å². The van der Waals surface area contributed by atoms with Crippen LogP contribution in [0.1, 0.15) is 11.1 Å². The van der Waals surface area contributed by atoms with Gasteiger partial charge in [-0.1, -0.05) is 18.2 Å². The van der Waals surface area contributed by atoms with Crippen LogP contribution in [0.3, 0.4) is 0 Å². The number of aromatic hydroxyl groups is 1. The Hall–Kier alpha value is -1.16. The Labute approximate surface area is 89.8 Å². The second kappa shape index (κ2) is 4.57. The summed E-state index contributed by atoms with van der Waals surface area (Å²) in [6.07, 6.45) is -1.45. The van der Waals surface area contributed by atoms with Gasteiger partial charge in [0.1, 0.15) is 5.75 Å². The average Bonchev–Trinajstić information content (AvgIpc) is 2.14. The van der Waals surface area contributed by atoms with Crippen molar-refractivity contribution in [3.8, 4) is 5.75 Å². The van der Waals surface area contributed by atoms with Crippen LogP contribution in [0.5, 0.6) is 5.75 Å². The molecule has 0 fully saturated rings. The molecule has 0 heterocycles. The number of phenolic OH excluding ortho intramolecular Hbond substituents is 1. The second-order valence-corrected chi connectivity index (χ2v) is 3.14. The van der Waals surface area contributed by atoms with Gasteiger partial charge in [-0.15, -0.1) is 11.6 Å². The third-order valence-corrected chi connectivity index (χ3v) is 1.92. The fraction of sp³-hybridized carbons (Fsp3) is 0.200. The summed E-state index contributed by atoms with van der Waals surface area (Å²) in [6, 6.07) is 2.79. The van der Waals surface area contributed by atoms with Crippen LogP contribution >= 0.6 is 11.6 Å². The lowest BCUT2D eigenvalue weighted by Gasteiger charge is -2.07. The van der Waals surface area contributed by atoms with Crippen LogP contribution in [0, 0.1) is 0 Å². The van der Waals surface area contributed by atoms with E-state index in [1.165, 1.54) is 18.2 Å². The van der Waals surface area contributed by atoms with Crippen molar-refractivity contribution in [1.29, 1.82) is 0 Å². The van der Waals surface area contributed by atoms with Gasteiger partial charge in [0.15, 0.2) is 0 Å². The van der Waals surface area contributed by atoms with E-state index in [9.17, 15) is 18.3 Å². The summed E-state index contributed by atoms with van der Waals surface area (Å²) in [7, 11) is 0. The molecule has 1 N–H and O–H groups in total. The minimum absolute atomic E-state index is 0.237. The third kappa shape index (κ3) is 3.16. The highest BCUT2D eigenvalue weighted by atomic mass is 35.5. The summed E-state index contributed by atoms with van der Waals surface area (Å²) in [4.78, 5) is 0. The lowest BCUT2D eigenvalue weighted by Crippen LogP contribution is -2.04. The van der Waals surface area contributed by atoms with Crippen molar-refractivity contribution in [2.75, 3.05) is 5.88 Å². The minimum Gasteiger partial charge on any atom is -0.507 e. The molecule has 1 aromatic carbocycles. The monoisotopic (exact) mass is 236 g/mol. The van der Waals surface area contributed by atoms with Gasteiger partial charge in [-0.25, -0.2) is 0 Å². The Bertz CT molecular complexity index is 371. The van der Waals surface area contributed by atoms with Crippen molar-refractivity contribution < 1.29 is 18.3 Å². The van der Waals surface area contributed by atoms with Gasteiger partial charge < -0.3 is 5.11 Å². The molecule has 15 heavy (non-hydrogen) atoms. The SMILES string of the molecule is Oc1cc(C(F)(F)F)ccc1C=CCCl. The number of hydrogen-bond donors (Lipinski definition) is 1. The number of phenols is 1. The van der Waals surface area contributed by atoms with Gasteiger partial charge in [-0.2, -0.15) is 13.2 Å². The average molecular weight is 237 g/mol. The topological polar surface area (TPSA) is 20.2 Å². The van der Waals surface area contributed by atoms with Gasteiger partial charge in [0.05, 0.1) is 5.56 Å². The second-order valence-electron chi connectivity index (χ2n) is 2.83. The molecule has 0 bridgehead atoms. The van der Waals surface area contributed by atoms with E-state index in [2.05, 4.69) is 0 Å². The fourth-order valence-electron chi connectivity index (χ4n) is 1.03. The first-order valence-corrected chi connectivity index (χ1v) is 4.61. The van der Waals surface area contributed by atoms with Crippen LogP contribution in [0.2, 0.25) is 0 Å². The smallest absolute Gasteiger partial charge is 0.416 e. The molecule has 0 radical (unpaired) electrons. The van der Waals surface area contributed by atoms with Crippen molar-refractivity contribution in [2.24, 2.45) is 0 Å². The molecule has 82 valence electrons. The van der Waals surface area contributed by atoms with E-state index in [1.807, 2.05) is 0 Å². The lowest BCUT2D eigenvalue weighted by molar-refractivity contribution is -0.137. The third-order valence-electron chi connectivity index (χ3n) is 1.74. The van der Waals surface area contributed by atoms with Crippen LogP contribution in [-0.2, 0) is 6.18 Å². The van der Waals surface area contributed by atoms with Crippen molar-refractivity contribution in [3.63, 3.8) is 0 Å². The van der Waals surface area contributed by atoms with Gasteiger partial charge in [-0.05, 0) is 12.1 Å². The molecule has 0 saturated carbocycles. The zero-order valence-electron chi connectivity index (χ0n) is 7.55. The normalized spacial score (nSPS) is 12.3. The van der Waals surface area contributed by atoms with Gasteiger partial charge >= 0.3 is 6.18 Å². The molecule has 0 aliphatic carbocycles. The van der Waals surface area contributed by atoms with E-state index in [0.717, 1.165) is 6.07 Å². The highest BCUT2D eigenvalue weighted by Crippen LogP contribution is 2.32. The quantitative estimate of drug-likeness (QED) is 0.777. The van der Waals surface area contributed by atoms with Crippen LogP contribution in [0.15, 0.2) is 24.3 Å². The molecule has 5 heteroatoms. The Morgan fingerprint density at radius 1 is 1.33 bits per heavy atom. The van der Waals surface area contributed by atoms with Crippen molar-refractivity contribution in [2.45, 2.75) is 6.18 Å². The first-order valence-electron chi connectivity index (χ1n) is 4.08. The summed E-state index contributed by atoms with van der Waals surface area (Å²) in [5, 5.41) is 9.29. The molecule has 0 spiro atoms. The predicted molar refractivity (Wildman–Crippen MR) is 52.9 cm³/mol. The van der Waals surface area contributed by atoms with E-state index in [1.54, 1.807) is 0 Å². The minimum atomic E-state index is -4.44. The molecule has 1 aromatic rings. The standard InChI is InChI=1S/C10H8ClF3O/c11-5-1-2-7-3-4-8(6-9(7)15)10(12,13)14/h1-4,6,15H,5H2. The number of hydrogen-bond acceptors (Lipinski definition) is 1. The predicted octanol–water partition coefficient (Wildman–Crippen LogP) is 3.66. The molecule has 0 atom stereocenters. The molecule has 0 aliphatic rings. The van der Waals surface area contributed by atoms with Gasteiger partial charge in [0.25, 0.3) is 0 Å². The number of halogens is 4. The maximum absolute atomic E-state index is 12.2. The molecule has 0 unspecified atom stereocenters. The molecule has 0 saturated heterocycles. The summed E-state index contributed by atoms with van der Waals surface area (Å²) in [6.45, 7) is 0. The first kappa shape index (κ1) is 11.9. The molecule has 0 aromatic heterocycles. The molecule has 0 aliphatic heterocycles. The van der Waals surface area contributed by atoms with Crippen LogP contribution in [0.4, 0.5) is 13.2 Å². The largest absolute Gasteiger partial charge is 0.507 e. The van der Waals surface area contributed by atoms with Crippen molar-refractivity contribution >= 4 is 17.7 Å². The Balaban J connectivity index is 3.04. The van der Waals surface area contributed by atoms with Gasteiger partial charge in [0.2, 0.25) is 0 Å². The highest BCUT2D eigenvalue weighted by molar-refractivity contribution is 6.19. The van der Waals surface area contributed by atoms with Crippen molar-refractivity contribution in [3.05, 3.63) is 35.4 Å².